The lowest BCUT2D eigenvalue weighted by Crippen LogP contribution is -2.39. The fourth-order valence-corrected chi connectivity index (χ4v) is 3.71. The molecule has 28 heavy (non-hydrogen) atoms. The number of rotatable bonds is 5. The quantitative estimate of drug-likeness (QED) is 0.646. The molecule has 1 aliphatic rings. The van der Waals surface area contributed by atoms with Gasteiger partial charge in [-0.15, -0.1) is 0 Å². The molecule has 1 saturated heterocycles. The Balaban J connectivity index is 1.39. The molecule has 4 rings (SSSR count). The highest BCUT2D eigenvalue weighted by atomic mass is 16.5. The number of amides is 1. The Kier molecular flexibility index (Phi) is 5.24. The minimum Gasteiger partial charge on any atom is -0.497 e. The van der Waals surface area contributed by atoms with Crippen LogP contribution >= 0.6 is 0 Å². The van der Waals surface area contributed by atoms with Crippen LogP contribution in [0.3, 0.4) is 0 Å². The first-order valence-electron chi connectivity index (χ1n) is 9.70. The third-order valence-electron chi connectivity index (χ3n) is 5.47. The molecule has 1 fully saturated rings. The predicted octanol–water partition coefficient (Wildman–Crippen LogP) is 4.68. The summed E-state index contributed by atoms with van der Waals surface area (Å²) in [7, 11) is 1.63. The van der Waals surface area contributed by atoms with Crippen LogP contribution in [0.1, 0.15) is 29.0 Å². The Morgan fingerprint density at radius 3 is 2.57 bits per heavy atom. The number of piperidine rings is 1. The minimum atomic E-state index is -0.0323. The van der Waals surface area contributed by atoms with Crippen LogP contribution in [0.25, 0.3) is 11.0 Å². The Morgan fingerprint density at radius 2 is 1.86 bits per heavy atom. The molecule has 3 aromatic rings. The molecule has 1 amide bonds. The van der Waals surface area contributed by atoms with Gasteiger partial charge in [-0.25, -0.2) is 0 Å². The van der Waals surface area contributed by atoms with E-state index in [9.17, 15) is 4.79 Å². The summed E-state index contributed by atoms with van der Waals surface area (Å²) in [5.41, 5.74) is 1.58. The van der Waals surface area contributed by atoms with Crippen LogP contribution in [-0.4, -0.2) is 37.6 Å². The monoisotopic (exact) mass is 379 g/mol. The number of fused-ring (bicyclic) bond motifs is 1. The molecule has 146 valence electrons. The van der Waals surface area contributed by atoms with Crippen molar-refractivity contribution >= 4 is 16.9 Å². The van der Waals surface area contributed by atoms with Crippen LogP contribution in [-0.2, 0) is 0 Å². The van der Waals surface area contributed by atoms with Crippen LogP contribution in [0.2, 0.25) is 0 Å². The number of carbonyl (C=O) groups is 1. The maximum Gasteiger partial charge on any atom is 0.289 e. The van der Waals surface area contributed by atoms with Gasteiger partial charge in [-0.05, 0) is 56.0 Å². The van der Waals surface area contributed by atoms with Gasteiger partial charge >= 0.3 is 0 Å². The summed E-state index contributed by atoms with van der Waals surface area (Å²) < 4.78 is 17.0. The van der Waals surface area contributed by atoms with Crippen molar-refractivity contribution in [3.63, 3.8) is 0 Å². The van der Waals surface area contributed by atoms with Crippen molar-refractivity contribution in [1.82, 2.24) is 4.90 Å². The lowest BCUT2D eigenvalue weighted by atomic mass is 9.97. The van der Waals surface area contributed by atoms with E-state index < -0.39 is 0 Å². The van der Waals surface area contributed by atoms with Gasteiger partial charge in [0.15, 0.2) is 5.76 Å². The zero-order valence-corrected chi connectivity index (χ0v) is 16.3. The van der Waals surface area contributed by atoms with E-state index in [1.54, 1.807) is 7.11 Å². The molecule has 0 atom stereocenters. The van der Waals surface area contributed by atoms with Crippen LogP contribution in [0.5, 0.6) is 11.5 Å². The zero-order chi connectivity index (χ0) is 19.5. The van der Waals surface area contributed by atoms with E-state index in [4.69, 9.17) is 13.9 Å². The molecule has 1 aromatic heterocycles. The second-order valence-electron chi connectivity index (χ2n) is 7.28. The maximum atomic E-state index is 13.0. The van der Waals surface area contributed by atoms with E-state index in [1.807, 2.05) is 60.4 Å². The number of carbonyl (C=O) groups excluding carboxylic acids is 1. The highest BCUT2D eigenvalue weighted by Gasteiger charge is 2.28. The Labute approximate surface area is 164 Å². The lowest BCUT2D eigenvalue weighted by Gasteiger charge is -2.31. The van der Waals surface area contributed by atoms with Gasteiger partial charge in [0.2, 0.25) is 0 Å². The number of nitrogens with zero attached hydrogens (tertiary/aromatic N) is 1. The molecule has 0 aliphatic carbocycles. The van der Waals surface area contributed by atoms with Crippen molar-refractivity contribution in [3.05, 3.63) is 59.9 Å². The molecular weight excluding hydrogens is 354 g/mol. The number of para-hydroxylation sites is 1. The SMILES string of the molecule is COc1ccc2oc(C(=O)N3CCC(COc4ccccc4)CC3)c(C)c2c1. The summed E-state index contributed by atoms with van der Waals surface area (Å²) in [6.45, 7) is 4.07. The van der Waals surface area contributed by atoms with Crippen molar-refractivity contribution in [1.29, 1.82) is 0 Å². The average molecular weight is 379 g/mol. The fraction of sp³-hybridized carbons (Fsp3) is 0.348. The van der Waals surface area contributed by atoms with Gasteiger partial charge in [0, 0.05) is 24.0 Å². The highest BCUT2D eigenvalue weighted by Crippen LogP contribution is 2.30. The summed E-state index contributed by atoms with van der Waals surface area (Å²) in [5.74, 6) is 2.52. The van der Waals surface area contributed by atoms with Crippen molar-refractivity contribution in [3.8, 4) is 11.5 Å². The molecule has 0 spiro atoms. The molecule has 0 unspecified atom stereocenters. The van der Waals surface area contributed by atoms with E-state index >= 15 is 0 Å². The number of methoxy groups -OCH3 is 1. The second-order valence-corrected chi connectivity index (χ2v) is 7.28. The molecule has 5 heteroatoms. The van der Waals surface area contributed by atoms with Gasteiger partial charge in [-0.2, -0.15) is 0 Å². The summed E-state index contributed by atoms with van der Waals surface area (Å²) in [4.78, 5) is 14.9. The fourth-order valence-electron chi connectivity index (χ4n) is 3.71. The number of furan rings is 1. The van der Waals surface area contributed by atoms with Gasteiger partial charge < -0.3 is 18.8 Å². The average Bonchev–Trinajstić information content (AvgIpc) is 3.08. The van der Waals surface area contributed by atoms with Gasteiger partial charge in [-0.1, -0.05) is 18.2 Å². The number of benzene rings is 2. The van der Waals surface area contributed by atoms with E-state index in [0.29, 0.717) is 23.9 Å². The predicted molar refractivity (Wildman–Crippen MR) is 108 cm³/mol. The standard InChI is InChI=1S/C23H25NO4/c1-16-20-14-19(26-2)8-9-21(20)28-22(16)23(25)24-12-10-17(11-13-24)15-27-18-6-4-3-5-7-18/h3-9,14,17H,10-13,15H2,1-2H3. The number of ether oxygens (including phenoxy) is 2. The molecule has 0 saturated carbocycles. The largest absolute Gasteiger partial charge is 0.497 e. The molecule has 5 nitrogen and oxygen atoms in total. The number of aryl methyl sites for hydroxylation is 1. The summed E-state index contributed by atoms with van der Waals surface area (Å²) in [6.07, 6.45) is 1.87. The second kappa shape index (κ2) is 7.97. The first kappa shape index (κ1) is 18.4. The normalized spacial score (nSPS) is 15.0. The first-order valence-corrected chi connectivity index (χ1v) is 9.70. The van der Waals surface area contributed by atoms with Crippen LogP contribution < -0.4 is 9.47 Å². The summed E-state index contributed by atoms with van der Waals surface area (Å²) in [5, 5.41) is 0.925. The third-order valence-corrected chi connectivity index (χ3v) is 5.47. The highest BCUT2D eigenvalue weighted by molar-refractivity contribution is 5.99. The third kappa shape index (κ3) is 3.70. The van der Waals surface area contributed by atoms with Crippen molar-refractivity contribution in [2.75, 3.05) is 26.8 Å². The topological polar surface area (TPSA) is 51.9 Å². The molecule has 0 bridgehead atoms. The Hall–Kier alpha value is -2.95. The number of likely N-dealkylation sites (tertiary alicyclic amines) is 1. The summed E-state index contributed by atoms with van der Waals surface area (Å²) in [6, 6.07) is 15.5. The van der Waals surface area contributed by atoms with Gasteiger partial charge in [0.25, 0.3) is 5.91 Å². The van der Waals surface area contributed by atoms with Crippen molar-refractivity contribution in [2.45, 2.75) is 19.8 Å². The lowest BCUT2D eigenvalue weighted by molar-refractivity contribution is 0.0631. The molecule has 1 aliphatic heterocycles. The first-order chi connectivity index (χ1) is 13.7. The number of hydrogen-bond donors (Lipinski definition) is 0. The van der Waals surface area contributed by atoms with Gasteiger partial charge in [-0.3, -0.25) is 4.79 Å². The van der Waals surface area contributed by atoms with Crippen LogP contribution in [0.15, 0.2) is 52.9 Å². The molecule has 0 N–H and O–H groups in total. The van der Waals surface area contributed by atoms with E-state index in [2.05, 4.69) is 0 Å². The van der Waals surface area contributed by atoms with Crippen molar-refractivity contribution in [2.24, 2.45) is 5.92 Å². The van der Waals surface area contributed by atoms with Gasteiger partial charge in [0.1, 0.15) is 17.1 Å². The van der Waals surface area contributed by atoms with E-state index in [-0.39, 0.29) is 5.91 Å². The number of hydrogen-bond acceptors (Lipinski definition) is 4. The van der Waals surface area contributed by atoms with Crippen LogP contribution in [0, 0.1) is 12.8 Å². The minimum absolute atomic E-state index is 0.0323. The maximum absolute atomic E-state index is 13.0. The van der Waals surface area contributed by atoms with Crippen molar-refractivity contribution < 1.29 is 18.7 Å². The molecule has 2 heterocycles. The molecule has 2 aromatic carbocycles. The van der Waals surface area contributed by atoms with E-state index in [0.717, 1.165) is 48.4 Å². The molecular formula is C23H25NO4. The van der Waals surface area contributed by atoms with Gasteiger partial charge in [0.05, 0.1) is 13.7 Å². The smallest absolute Gasteiger partial charge is 0.289 e. The van der Waals surface area contributed by atoms with E-state index in [1.165, 1.54) is 0 Å². The summed E-state index contributed by atoms with van der Waals surface area (Å²) >= 11 is 0. The van der Waals surface area contributed by atoms with Crippen LogP contribution in [0.4, 0.5) is 0 Å². The Bertz CT molecular complexity index is 955. The molecule has 0 radical (unpaired) electrons. The zero-order valence-electron chi connectivity index (χ0n) is 16.3. The Morgan fingerprint density at radius 1 is 1.11 bits per heavy atom.